The van der Waals surface area contributed by atoms with Crippen LogP contribution in [0.1, 0.15) is 69.3 Å². The molecule has 2 saturated carbocycles. The van der Waals surface area contributed by atoms with Crippen LogP contribution in [0.15, 0.2) is 36.4 Å². The summed E-state index contributed by atoms with van der Waals surface area (Å²) in [6, 6.07) is 12.1. The molecule has 0 unspecified atom stereocenters. The molecule has 2 aromatic carbocycles. The number of piperidine rings is 1. The summed E-state index contributed by atoms with van der Waals surface area (Å²) in [4.78, 5) is 12.3. The zero-order valence-corrected chi connectivity index (χ0v) is 20.6. The summed E-state index contributed by atoms with van der Waals surface area (Å²) < 4.78 is 5.96. The standard InChI is InChI=1S/C28H37NO3S/c1-32-24-7-4-20-18-22(3-2-21(20)19-24)25(26(30)31)8-9-27(12-15-29-16-13-27)14-17-33-28(10-11-28)23-5-6-23/h2-4,7,18-19,23,25,29H,5-6,8-17H2,1H3,(H,30,31)/t25-/m0/s1. The van der Waals surface area contributed by atoms with Crippen molar-refractivity contribution in [1.82, 2.24) is 5.32 Å². The Hall–Kier alpha value is -1.72. The van der Waals surface area contributed by atoms with Crippen LogP contribution in [-0.2, 0) is 4.79 Å². The minimum absolute atomic E-state index is 0.287. The molecular formula is C28H37NO3S. The summed E-state index contributed by atoms with van der Waals surface area (Å²) >= 11 is 2.25. The van der Waals surface area contributed by atoms with Crippen molar-refractivity contribution < 1.29 is 14.6 Å². The Morgan fingerprint density at radius 3 is 2.48 bits per heavy atom. The second-order valence-corrected chi connectivity index (χ2v) is 12.1. The van der Waals surface area contributed by atoms with Crippen LogP contribution in [0.4, 0.5) is 0 Å². The van der Waals surface area contributed by atoms with E-state index in [2.05, 4.69) is 23.1 Å². The second kappa shape index (κ2) is 9.50. The number of methoxy groups -OCH3 is 1. The van der Waals surface area contributed by atoms with Gasteiger partial charge in [0.1, 0.15) is 5.75 Å². The summed E-state index contributed by atoms with van der Waals surface area (Å²) in [5.41, 5.74) is 1.21. The van der Waals surface area contributed by atoms with E-state index in [9.17, 15) is 9.90 Å². The SMILES string of the molecule is COc1ccc2cc([C@H](CCC3(CCSC4(C5CC5)CC4)CCNCC3)C(=O)O)ccc2c1. The van der Waals surface area contributed by atoms with Crippen LogP contribution < -0.4 is 10.1 Å². The summed E-state index contributed by atoms with van der Waals surface area (Å²) in [5, 5.41) is 15.8. The molecule has 0 amide bonds. The maximum absolute atomic E-state index is 12.3. The maximum atomic E-state index is 12.3. The lowest BCUT2D eigenvalue weighted by Gasteiger charge is -2.39. The van der Waals surface area contributed by atoms with Gasteiger partial charge in [-0.1, -0.05) is 24.3 Å². The number of nitrogens with one attached hydrogen (secondary N) is 1. The molecule has 1 saturated heterocycles. The molecule has 2 aromatic rings. The van der Waals surface area contributed by atoms with E-state index in [4.69, 9.17) is 4.74 Å². The number of hydrogen-bond acceptors (Lipinski definition) is 4. The zero-order valence-electron chi connectivity index (χ0n) is 19.8. The topological polar surface area (TPSA) is 58.6 Å². The summed E-state index contributed by atoms with van der Waals surface area (Å²) in [6.07, 6.45) is 11.0. The van der Waals surface area contributed by atoms with Gasteiger partial charge in [-0.3, -0.25) is 4.79 Å². The van der Waals surface area contributed by atoms with E-state index in [0.29, 0.717) is 4.75 Å². The first-order valence-electron chi connectivity index (χ1n) is 12.7. The van der Waals surface area contributed by atoms with E-state index in [1.165, 1.54) is 50.7 Å². The van der Waals surface area contributed by atoms with Gasteiger partial charge in [-0.2, -0.15) is 11.8 Å². The number of carbonyl (C=O) groups is 1. The molecule has 5 heteroatoms. The minimum Gasteiger partial charge on any atom is -0.497 e. The molecule has 1 aliphatic heterocycles. The molecule has 1 heterocycles. The third kappa shape index (κ3) is 5.19. The molecule has 3 fully saturated rings. The Bertz CT molecular complexity index is 992. The number of rotatable bonds is 11. The van der Waals surface area contributed by atoms with Gasteiger partial charge in [0.05, 0.1) is 13.0 Å². The van der Waals surface area contributed by atoms with Gasteiger partial charge in [0.25, 0.3) is 0 Å². The molecule has 33 heavy (non-hydrogen) atoms. The van der Waals surface area contributed by atoms with E-state index < -0.39 is 11.9 Å². The molecular weight excluding hydrogens is 430 g/mol. The quantitative estimate of drug-likeness (QED) is 0.410. The fourth-order valence-electron chi connectivity index (χ4n) is 5.93. The fourth-order valence-corrected chi connectivity index (χ4v) is 7.73. The van der Waals surface area contributed by atoms with Gasteiger partial charge in [0.2, 0.25) is 0 Å². The van der Waals surface area contributed by atoms with Gasteiger partial charge in [-0.05, 0) is 116 Å². The van der Waals surface area contributed by atoms with Gasteiger partial charge in [-0.15, -0.1) is 0 Å². The largest absolute Gasteiger partial charge is 0.497 e. The van der Waals surface area contributed by atoms with Gasteiger partial charge < -0.3 is 15.2 Å². The Morgan fingerprint density at radius 2 is 1.82 bits per heavy atom. The highest BCUT2D eigenvalue weighted by molar-refractivity contribution is 8.00. The smallest absolute Gasteiger partial charge is 0.310 e. The number of carboxylic acid groups (broad SMARTS) is 1. The number of fused-ring (bicyclic) bond motifs is 1. The molecule has 3 aliphatic rings. The number of ether oxygens (including phenoxy) is 1. The lowest BCUT2D eigenvalue weighted by molar-refractivity contribution is -0.139. The molecule has 2 aliphatic carbocycles. The number of carboxylic acids is 1. The minimum atomic E-state index is -0.702. The van der Waals surface area contributed by atoms with Crippen molar-refractivity contribution in [2.24, 2.45) is 11.3 Å². The number of benzene rings is 2. The highest BCUT2D eigenvalue weighted by atomic mass is 32.2. The third-order valence-corrected chi connectivity index (χ3v) is 10.2. The average molecular weight is 468 g/mol. The highest BCUT2D eigenvalue weighted by Gasteiger charge is 2.54. The normalized spacial score (nSPS) is 22.1. The summed E-state index contributed by atoms with van der Waals surface area (Å²) in [6.45, 7) is 2.13. The number of thioether (sulfide) groups is 1. The Labute approximate surface area is 201 Å². The van der Waals surface area contributed by atoms with E-state index in [0.717, 1.165) is 53.9 Å². The van der Waals surface area contributed by atoms with Crippen molar-refractivity contribution in [3.05, 3.63) is 42.0 Å². The predicted molar refractivity (Wildman–Crippen MR) is 136 cm³/mol. The second-order valence-electron chi connectivity index (χ2n) is 10.6. The first-order valence-corrected chi connectivity index (χ1v) is 13.7. The lowest BCUT2D eigenvalue weighted by atomic mass is 9.71. The van der Waals surface area contributed by atoms with E-state index in [1.807, 2.05) is 30.3 Å². The van der Waals surface area contributed by atoms with Crippen molar-refractivity contribution in [2.75, 3.05) is 26.0 Å². The van der Waals surface area contributed by atoms with Gasteiger partial charge in [-0.25, -0.2) is 0 Å². The first kappa shape index (κ1) is 23.0. The molecule has 178 valence electrons. The molecule has 0 bridgehead atoms. The van der Waals surface area contributed by atoms with Crippen molar-refractivity contribution in [3.8, 4) is 5.75 Å². The number of aliphatic carboxylic acids is 1. The van der Waals surface area contributed by atoms with Crippen molar-refractivity contribution >= 4 is 28.5 Å². The van der Waals surface area contributed by atoms with Gasteiger partial charge >= 0.3 is 5.97 Å². The van der Waals surface area contributed by atoms with Crippen molar-refractivity contribution in [2.45, 2.75) is 68.5 Å². The molecule has 4 nitrogen and oxygen atoms in total. The van der Waals surface area contributed by atoms with Crippen LogP contribution in [0.3, 0.4) is 0 Å². The summed E-state index contributed by atoms with van der Waals surface area (Å²) in [7, 11) is 1.67. The van der Waals surface area contributed by atoms with Crippen LogP contribution in [0.2, 0.25) is 0 Å². The monoisotopic (exact) mass is 467 g/mol. The Balaban J connectivity index is 1.27. The third-order valence-electron chi connectivity index (χ3n) is 8.49. The molecule has 0 aromatic heterocycles. The van der Waals surface area contributed by atoms with Crippen molar-refractivity contribution in [3.63, 3.8) is 0 Å². The van der Waals surface area contributed by atoms with Gasteiger partial charge in [0, 0.05) is 4.75 Å². The molecule has 1 atom stereocenters. The van der Waals surface area contributed by atoms with Crippen LogP contribution in [0.25, 0.3) is 10.8 Å². The zero-order chi connectivity index (χ0) is 22.9. The van der Waals surface area contributed by atoms with Crippen LogP contribution in [0, 0.1) is 11.3 Å². The van der Waals surface area contributed by atoms with Crippen LogP contribution in [-0.4, -0.2) is 41.8 Å². The van der Waals surface area contributed by atoms with Crippen LogP contribution in [0.5, 0.6) is 5.75 Å². The fraction of sp³-hybridized carbons (Fsp3) is 0.607. The highest BCUT2D eigenvalue weighted by Crippen LogP contribution is 2.62. The first-order chi connectivity index (χ1) is 16.0. The Morgan fingerprint density at radius 1 is 1.09 bits per heavy atom. The number of hydrogen-bond donors (Lipinski definition) is 2. The average Bonchev–Trinajstić information content (AvgIpc) is 3.74. The lowest BCUT2D eigenvalue weighted by Crippen LogP contribution is -2.37. The molecule has 0 radical (unpaired) electrons. The molecule has 2 N–H and O–H groups in total. The molecule has 5 rings (SSSR count). The van der Waals surface area contributed by atoms with Gasteiger partial charge in [0.15, 0.2) is 0 Å². The van der Waals surface area contributed by atoms with Crippen molar-refractivity contribution in [1.29, 1.82) is 0 Å². The van der Waals surface area contributed by atoms with E-state index >= 15 is 0 Å². The van der Waals surface area contributed by atoms with Crippen LogP contribution >= 0.6 is 11.8 Å². The summed E-state index contributed by atoms with van der Waals surface area (Å²) in [5.74, 6) is 1.91. The molecule has 0 spiro atoms. The maximum Gasteiger partial charge on any atom is 0.310 e. The van der Waals surface area contributed by atoms with E-state index in [-0.39, 0.29) is 5.41 Å². The van der Waals surface area contributed by atoms with E-state index in [1.54, 1.807) is 7.11 Å². The Kier molecular flexibility index (Phi) is 6.63. The predicted octanol–water partition coefficient (Wildman–Crippen LogP) is 6.23.